The van der Waals surface area contributed by atoms with E-state index in [2.05, 4.69) is 4.98 Å². The predicted octanol–water partition coefficient (Wildman–Crippen LogP) is 4.45. The van der Waals surface area contributed by atoms with Crippen molar-refractivity contribution in [2.75, 3.05) is 0 Å². The van der Waals surface area contributed by atoms with Gasteiger partial charge in [0.25, 0.3) is 0 Å². The molecule has 2 atom stereocenters. The Morgan fingerprint density at radius 2 is 1.57 bits per heavy atom. The Hall–Kier alpha value is -3.23. The van der Waals surface area contributed by atoms with Gasteiger partial charge in [-0.05, 0) is 67.6 Å². The Morgan fingerprint density at radius 1 is 1.00 bits per heavy atom. The van der Waals surface area contributed by atoms with Crippen molar-refractivity contribution < 1.29 is 27.8 Å². The number of halogens is 3. The fourth-order valence-electron chi connectivity index (χ4n) is 2.66. The van der Waals surface area contributed by atoms with Crippen LogP contribution in [0.15, 0.2) is 66.7 Å². The first kappa shape index (κ1) is 21.5. The molecule has 0 aliphatic carbocycles. The van der Waals surface area contributed by atoms with E-state index >= 15 is 0 Å². The highest BCUT2D eigenvalue weighted by Crippen LogP contribution is 2.31. The fraction of sp³-hybridized carbons (Fsp3) is 0.182. The summed E-state index contributed by atoms with van der Waals surface area (Å²) in [5, 5.41) is 9.85. The van der Waals surface area contributed by atoms with Gasteiger partial charge in [0.05, 0.1) is 11.3 Å². The van der Waals surface area contributed by atoms with Gasteiger partial charge in [0.1, 0.15) is 23.3 Å². The average molecular weight is 416 g/mol. The summed E-state index contributed by atoms with van der Waals surface area (Å²) < 4.78 is 43.4. The molecule has 1 aromatic heterocycles. The van der Waals surface area contributed by atoms with Gasteiger partial charge in [-0.2, -0.15) is 13.2 Å². The monoisotopic (exact) mass is 416 g/mol. The molecular weight excluding hydrogens is 397 g/mol. The molecule has 0 amide bonds. The van der Waals surface area contributed by atoms with Crippen LogP contribution >= 0.6 is 0 Å². The van der Waals surface area contributed by atoms with Crippen LogP contribution in [0.4, 0.5) is 13.2 Å². The third-order valence-corrected chi connectivity index (χ3v) is 4.34. The van der Waals surface area contributed by atoms with Crippen molar-refractivity contribution in [1.82, 2.24) is 4.98 Å². The number of rotatable bonds is 6. The Balaban J connectivity index is 1.74. The molecule has 5 nitrogen and oxygen atoms in total. The fourth-order valence-corrected chi connectivity index (χ4v) is 2.66. The van der Waals surface area contributed by atoms with E-state index in [0.717, 1.165) is 12.1 Å². The number of carbonyl (C=O) groups excluding carboxylic acids is 1. The van der Waals surface area contributed by atoms with E-state index in [-0.39, 0.29) is 11.4 Å². The van der Waals surface area contributed by atoms with Crippen molar-refractivity contribution in [3.8, 4) is 22.8 Å². The number of ketones is 1. The number of alkyl halides is 3. The summed E-state index contributed by atoms with van der Waals surface area (Å²) in [6.45, 7) is 1.53. The zero-order valence-electron chi connectivity index (χ0n) is 15.9. The lowest BCUT2D eigenvalue weighted by Gasteiger charge is -2.13. The van der Waals surface area contributed by atoms with Gasteiger partial charge in [0.15, 0.2) is 0 Å². The van der Waals surface area contributed by atoms with Gasteiger partial charge in [-0.1, -0.05) is 6.07 Å². The van der Waals surface area contributed by atoms with Crippen LogP contribution in [0.3, 0.4) is 0 Å². The molecule has 0 spiro atoms. The third-order valence-electron chi connectivity index (χ3n) is 4.34. The number of benzene rings is 2. The molecule has 0 radical (unpaired) electrons. The zero-order valence-corrected chi connectivity index (χ0v) is 15.9. The number of aliphatic hydroxyl groups is 1. The van der Waals surface area contributed by atoms with Crippen LogP contribution in [-0.4, -0.2) is 28.0 Å². The molecule has 2 unspecified atom stereocenters. The number of nitrogens with two attached hydrogens (primary N) is 1. The van der Waals surface area contributed by atoms with E-state index < -0.39 is 29.7 Å². The summed E-state index contributed by atoms with van der Waals surface area (Å²) in [5.74, 6) is 0.138. The van der Waals surface area contributed by atoms with Crippen molar-refractivity contribution in [3.63, 3.8) is 0 Å². The molecule has 3 N–H and O–H groups in total. The maximum Gasteiger partial charge on any atom is 0.416 e. The summed E-state index contributed by atoms with van der Waals surface area (Å²) >= 11 is 0. The van der Waals surface area contributed by atoms with E-state index in [4.69, 9.17) is 10.5 Å². The van der Waals surface area contributed by atoms with E-state index in [9.17, 15) is 23.1 Å². The predicted molar refractivity (Wildman–Crippen MR) is 105 cm³/mol. The van der Waals surface area contributed by atoms with Crippen molar-refractivity contribution in [3.05, 3.63) is 78.0 Å². The lowest BCUT2D eigenvalue weighted by molar-refractivity contribution is -0.137. The van der Waals surface area contributed by atoms with E-state index in [1.807, 2.05) is 0 Å². The minimum absolute atomic E-state index is 0.0994. The summed E-state index contributed by atoms with van der Waals surface area (Å²) in [6.07, 6.45) is -5.74. The van der Waals surface area contributed by atoms with E-state index in [1.165, 1.54) is 25.1 Å². The molecule has 0 fully saturated rings. The minimum atomic E-state index is -4.40. The van der Waals surface area contributed by atoms with E-state index in [1.54, 1.807) is 36.4 Å². The van der Waals surface area contributed by atoms with Gasteiger partial charge in [-0.15, -0.1) is 0 Å². The number of nitrogens with zero attached hydrogens (tertiary/aromatic N) is 1. The van der Waals surface area contributed by atoms with Crippen molar-refractivity contribution in [1.29, 1.82) is 0 Å². The molecule has 8 heteroatoms. The van der Waals surface area contributed by atoms with Crippen molar-refractivity contribution in [2.24, 2.45) is 5.73 Å². The highest BCUT2D eigenvalue weighted by atomic mass is 19.4. The van der Waals surface area contributed by atoms with Crippen molar-refractivity contribution >= 4 is 5.78 Å². The SMILES string of the molecule is CC(N)C(O)C(=O)c1cccc(-c2ccc(Oc3ccc(C(F)(F)F)cc3)cc2)n1. The molecule has 1 heterocycles. The summed E-state index contributed by atoms with van der Waals surface area (Å²) in [6, 6.07) is 15.2. The molecular formula is C22H19F3N2O3. The molecule has 0 saturated heterocycles. The van der Waals surface area contributed by atoms with Crippen LogP contribution in [-0.2, 0) is 6.18 Å². The largest absolute Gasteiger partial charge is 0.457 e. The maximum atomic E-state index is 12.6. The summed E-state index contributed by atoms with van der Waals surface area (Å²) in [5.41, 5.74) is 6.12. The number of hydrogen-bond acceptors (Lipinski definition) is 5. The first-order valence-electron chi connectivity index (χ1n) is 9.05. The smallest absolute Gasteiger partial charge is 0.416 e. The standard InChI is InChI=1S/C22H19F3N2O3/c1-13(26)20(28)21(29)19-4-2-3-18(27-19)14-5-9-16(10-6-14)30-17-11-7-15(8-12-17)22(23,24)25/h2-13,20,28H,26H2,1H3. The second-order valence-corrected chi connectivity index (χ2v) is 6.72. The Kier molecular flexibility index (Phi) is 6.19. The molecule has 2 aromatic carbocycles. The second kappa shape index (κ2) is 8.64. The third kappa shape index (κ3) is 5.03. The lowest BCUT2D eigenvalue weighted by Crippen LogP contribution is -2.38. The molecule has 3 aromatic rings. The van der Waals surface area contributed by atoms with Gasteiger partial charge in [0, 0.05) is 11.6 Å². The quantitative estimate of drug-likeness (QED) is 0.580. The lowest BCUT2D eigenvalue weighted by atomic mass is 10.0. The van der Waals surface area contributed by atoms with Gasteiger partial charge in [-0.3, -0.25) is 4.79 Å². The highest BCUT2D eigenvalue weighted by molar-refractivity contribution is 5.98. The first-order valence-corrected chi connectivity index (χ1v) is 9.05. The number of hydrogen-bond donors (Lipinski definition) is 2. The Morgan fingerprint density at radius 3 is 2.10 bits per heavy atom. The number of pyridine rings is 1. The number of Topliss-reactive ketones (excluding diaryl/α,β-unsaturated/α-hetero) is 1. The first-order chi connectivity index (χ1) is 14.1. The normalized spacial score (nSPS) is 13.5. The number of aromatic nitrogens is 1. The molecule has 0 aliphatic rings. The molecule has 0 aliphatic heterocycles. The highest BCUT2D eigenvalue weighted by Gasteiger charge is 2.30. The average Bonchev–Trinajstić information content (AvgIpc) is 2.73. The molecule has 0 bridgehead atoms. The molecule has 30 heavy (non-hydrogen) atoms. The second-order valence-electron chi connectivity index (χ2n) is 6.72. The van der Waals surface area contributed by atoms with Crippen molar-refractivity contribution in [2.45, 2.75) is 25.2 Å². The summed E-state index contributed by atoms with van der Waals surface area (Å²) in [7, 11) is 0. The van der Waals surface area contributed by atoms with Crippen LogP contribution in [0, 0.1) is 0 Å². The van der Waals surface area contributed by atoms with Gasteiger partial charge in [-0.25, -0.2) is 4.98 Å². The van der Waals surface area contributed by atoms with Gasteiger partial charge >= 0.3 is 6.18 Å². The van der Waals surface area contributed by atoms with Crippen LogP contribution in [0.1, 0.15) is 23.0 Å². The Bertz CT molecular complexity index is 1020. The topological polar surface area (TPSA) is 85.4 Å². The molecule has 0 saturated carbocycles. The Labute approximate surface area is 170 Å². The minimum Gasteiger partial charge on any atom is -0.457 e. The summed E-state index contributed by atoms with van der Waals surface area (Å²) in [4.78, 5) is 16.5. The molecule has 3 rings (SSSR count). The van der Waals surface area contributed by atoms with Crippen LogP contribution in [0.5, 0.6) is 11.5 Å². The van der Waals surface area contributed by atoms with Crippen LogP contribution < -0.4 is 10.5 Å². The number of aliphatic hydroxyl groups excluding tert-OH is 1. The molecule has 156 valence electrons. The number of carbonyl (C=O) groups is 1. The van der Waals surface area contributed by atoms with Gasteiger partial charge < -0.3 is 15.6 Å². The van der Waals surface area contributed by atoms with Crippen LogP contribution in [0.2, 0.25) is 0 Å². The number of ether oxygens (including phenoxy) is 1. The van der Waals surface area contributed by atoms with Gasteiger partial charge in [0.2, 0.25) is 5.78 Å². The van der Waals surface area contributed by atoms with E-state index in [0.29, 0.717) is 17.0 Å². The zero-order chi connectivity index (χ0) is 21.9. The maximum absolute atomic E-state index is 12.6. The van der Waals surface area contributed by atoms with Crippen LogP contribution in [0.25, 0.3) is 11.3 Å².